The lowest BCUT2D eigenvalue weighted by atomic mass is 10.1. The smallest absolute Gasteiger partial charge is 0.265 e. The van der Waals surface area contributed by atoms with E-state index in [1.54, 1.807) is 10.7 Å². The van der Waals surface area contributed by atoms with Gasteiger partial charge in [0, 0.05) is 12.7 Å². The summed E-state index contributed by atoms with van der Waals surface area (Å²) in [5.74, 6) is 0. The van der Waals surface area contributed by atoms with Crippen molar-refractivity contribution in [3.63, 3.8) is 0 Å². The summed E-state index contributed by atoms with van der Waals surface area (Å²) in [5, 5.41) is 3.98. The molecule has 5 nitrogen and oxygen atoms in total. The molecule has 1 N–H and O–H groups in total. The van der Waals surface area contributed by atoms with Gasteiger partial charge in [0.1, 0.15) is 4.90 Å². The number of sulfonamides is 1. The third-order valence-electron chi connectivity index (χ3n) is 2.89. The van der Waals surface area contributed by atoms with Crippen LogP contribution in [0.4, 0.5) is 5.69 Å². The molecule has 1 aromatic carbocycles. The Bertz CT molecular complexity index is 662. The standard InChI is InChI=1S/C13H17N3O2S/c1-3-11-7-5-6-8-13(11)15-19(17,18)12-9-14-16(4-2)10-12/h5-10,15H,3-4H2,1-2H3. The molecule has 0 spiro atoms. The third kappa shape index (κ3) is 2.96. The molecule has 2 aromatic rings. The minimum Gasteiger partial charge on any atom is -0.279 e. The van der Waals surface area contributed by atoms with Gasteiger partial charge in [-0.3, -0.25) is 9.40 Å². The van der Waals surface area contributed by atoms with Gasteiger partial charge in [-0.05, 0) is 25.0 Å². The Balaban J connectivity index is 2.31. The molecule has 102 valence electrons. The zero-order valence-electron chi connectivity index (χ0n) is 11.0. The predicted octanol–water partition coefficient (Wildman–Crippen LogP) is 2.27. The molecule has 6 heteroatoms. The Morgan fingerprint density at radius 1 is 1.26 bits per heavy atom. The molecular formula is C13H17N3O2S. The van der Waals surface area contributed by atoms with E-state index in [9.17, 15) is 8.42 Å². The highest BCUT2D eigenvalue weighted by molar-refractivity contribution is 7.92. The van der Waals surface area contributed by atoms with Gasteiger partial charge in [0.25, 0.3) is 10.0 Å². The number of aromatic nitrogens is 2. The number of hydrogen-bond acceptors (Lipinski definition) is 3. The maximum Gasteiger partial charge on any atom is 0.265 e. The second-order valence-electron chi connectivity index (χ2n) is 4.15. The summed E-state index contributed by atoms with van der Waals surface area (Å²) in [6.07, 6.45) is 3.66. The van der Waals surface area contributed by atoms with E-state index >= 15 is 0 Å². The fraction of sp³-hybridized carbons (Fsp3) is 0.308. The average molecular weight is 279 g/mol. The van der Waals surface area contributed by atoms with Crippen LogP contribution in [0.2, 0.25) is 0 Å². The van der Waals surface area contributed by atoms with Gasteiger partial charge in [0.2, 0.25) is 0 Å². The van der Waals surface area contributed by atoms with Crippen LogP contribution in [0.3, 0.4) is 0 Å². The summed E-state index contributed by atoms with van der Waals surface area (Å²) in [6, 6.07) is 7.38. The van der Waals surface area contributed by atoms with Crippen LogP contribution < -0.4 is 4.72 Å². The molecule has 0 aliphatic heterocycles. The first-order valence-corrected chi connectivity index (χ1v) is 7.68. The van der Waals surface area contributed by atoms with E-state index in [4.69, 9.17) is 0 Å². The van der Waals surface area contributed by atoms with Crippen molar-refractivity contribution in [3.05, 3.63) is 42.2 Å². The molecule has 0 saturated heterocycles. The molecule has 0 amide bonds. The van der Waals surface area contributed by atoms with Crippen molar-refractivity contribution in [2.45, 2.75) is 31.7 Å². The fourth-order valence-corrected chi connectivity index (χ4v) is 2.84. The molecule has 0 bridgehead atoms. The van der Waals surface area contributed by atoms with Crippen LogP contribution in [0.15, 0.2) is 41.6 Å². The van der Waals surface area contributed by atoms with E-state index < -0.39 is 10.0 Å². The van der Waals surface area contributed by atoms with Crippen molar-refractivity contribution in [2.75, 3.05) is 4.72 Å². The molecule has 19 heavy (non-hydrogen) atoms. The zero-order chi connectivity index (χ0) is 13.9. The van der Waals surface area contributed by atoms with E-state index in [0.717, 1.165) is 12.0 Å². The van der Waals surface area contributed by atoms with E-state index in [1.807, 2.05) is 32.0 Å². The molecule has 0 fully saturated rings. The number of anilines is 1. The monoisotopic (exact) mass is 279 g/mol. The van der Waals surface area contributed by atoms with Gasteiger partial charge in [-0.1, -0.05) is 25.1 Å². The minimum atomic E-state index is -3.57. The second kappa shape index (κ2) is 5.44. The maximum atomic E-state index is 12.2. The number of aryl methyl sites for hydroxylation is 2. The number of hydrogen-bond donors (Lipinski definition) is 1. The van der Waals surface area contributed by atoms with Crippen LogP contribution in [0.25, 0.3) is 0 Å². The summed E-state index contributed by atoms with van der Waals surface area (Å²) < 4.78 is 28.7. The first kappa shape index (κ1) is 13.6. The summed E-state index contributed by atoms with van der Waals surface area (Å²) in [5.41, 5.74) is 1.59. The van der Waals surface area contributed by atoms with Crippen molar-refractivity contribution in [2.24, 2.45) is 0 Å². The SMILES string of the molecule is CCc1ccccc1NS(=O)(=O)c1cnn(CC)c1. The molecule has 1 aromatic heterocycles. The molecule has 1 heterocycles. The topological polar surface area (TPSA) is 64.0 Å². The summed E-state index contributed by atoms with van der Waals surface area (Å²) >= 11 is 0. The lowest BCUT2D eigenvalue weighted by molar-refractivity contribution is 0.600. The van der Waals surface area contributed by atoms with Crippen LogP contribution in [-0.4, -0.2) is 18.2 Å². The van der Waals surface area contributed by atoms with Gasteiger partial charge in [-0.15, -0.1) is 0 Å². The van der Waals surface area contributed by atoms with Gasteiger partial charge in [0.05, 0.1) is 11.9 Å². The lowest BCUT2D eigenvalue weighted by Gasteiger charge is -2.10. The number of nitrogens with zero attached hydrogens (tertiary/aromatic N) is 2. The van der Waals surface area contributed by atoms with Crippen LogP contribution in [0, 0.1) is 0 Å². The second-order valence-corrected chi connectivity index (χ2v) is 5.83. The zero-order valence-corrected chi connectivity index (χ0v) is 11.8. The number of benzene rings is 1. The minimum absolute atomic E-state index is 0.181. The first-order valence-electron chi connectivity index (χ1n) is 6.20. The Kier molecular flexibility index (Phi) is 3.90. The first-order chi connectivity index (χ1) is 9.06. The average Bonchev–Trinajstić information content (AvgIpc) is 2.88. The highest BCUT2D eigenvalue weighted by atomic mass is 32.2. The molecule has 0 aliphatic rings. The summed E-state index contributed by atoms with van der Waals surface area (Å²) in [7, 11) is -3.57. The third-order valence-corrected chi connectivity index (χ3v) is 4.21. The number of nitrogens with one attached hydrogen (secondary N) is 1. The lowest BCUT2D eigenvalue weighted by Crippen LogP contribution is -2.13. The van der Waals surface area contributed by atoms with Gasteiger partial charge in [-0.25, -0.2) is 8.42 Å². The van der Waals surface area contributed by atoms with Crippen LogP contribution in [0.1, 0.15) is 19.4 Å². The Hall–Kier alpha value is -1.82. The van der Waals surface area contributed by atoms with Gasteiger partial charge in [0.15, 0.2) is 0 Å². The largest absolute Gasteiger partial charge is 0.279 e. The van der Waals surface area contributed by atoms with Gasteiger partial charge >= 0.3 is 0 Å². The van der Waals surface area contributed by atoms with Crippen molar-refractivity contribution in [3.8, 4) is 0 Å². The Morgan fingerprint density at radius 2 is 2.00 bits per heavy atom. The fourth-order valence-electron chi connectivity index (χ4n) is 1.79. The van der Waals surface area contributed by atoms with E-state index in [2.05, 4.69) is 9.82 Å². The molecule has 2 rings (SSSR count). The Labute approximate surface area is 113 Å². The number of rotatable bonds is 5. The van der Waals surface area contributed by atoms with Gasteiger partial charge in [-0.2, -0.15) is 5.10 Å². The maximum absolute atomic E-state index is 12.2. The van der Waals surface area contributed by atoms with E-state index in [0.29, 0.717) is 12.2 Å². The molecule has 0 saturated carbocycles. The van der Waals surface area contributed by atoms with Gasteiger partial charge < -0.3 is 0 Å². The highest BCUT2D eigenvalue weighted by Gasteiger charge is 2.17. The highest BCUT2D eigenvalue weighted by Crippen LogP contribution is 2.20. The molecular weight excluding hydrogens is 262 g/mol. The molecule has 0 atom stereocenters. The van der Waals surface area contributed by atoms with Crippen LogP contribution >= 0.6 is 0 Å². The number of para-hydroxylation sites is 1. The Morgan fingerprint density at radius 3 is 2.63 bits per heavy atom. The van der Waals surface area contributed by atoms with E-state index in [-0.39, 0.29) is 4.90 Å². The summed E-state index contributed by atoms with van der Waals surface area (Å²) in [4.78, 5) is 0.181. The van der Waals surface area contributed by atoms with Crippen LogP contribution in [-0.2, 0) is 23.0 Å². The quantitative estimate of drug-likeness (QED) is 0.913. The van der Waals surface area contributed by atoms with Crippen molar-refractivity contribution < 1.29 is 8.42 Å². The van der Waals surface area contributed by atoms with Crippen molar-refractivity contribution in [1.29, 1.82) is 0 Å². The summed E-state index contributed by atoms with van der Waals surface area (Å²) in [6.45, 7) is 4.53. The molecule has 0 unspecified atom stereocenters. The van der Waals surface area contributed by atoms with E-state index in [1.165, 1.54) is 12.4 Å². The molecule has 0 aliphatic carbocycles. The normalized spacial score (nSPS) is 11.5. The molecule has 0 radical (unpaired) electrons. The van der Waals surface area contributed by atoms with Crippen LogP contribution in [0.5, 0.6) is 0 Å². The van der Waals surface area contributed by atoms with Crippen molar-refractivity contribution in [1.82, 2.24) is 9.78 Å². The van der Waals surface area contributed by atoms with Crippen molar-refractivity contribution >= 4 is 15.7 Å². The predicted molar refractivity (Wildman–Crippen MR) is 74.5 cm³/mol.